The second-order valence-electron chi connectivity index (χ2n) is 4.74. The lowest BCUT2D eigenvalue weighted by molar-refractivity contribution is 0.0695. The first-order chi connectivity index (χ1) is 10.8. The molecule has 0 aliphatic carbocycles. The number of carboxylic acid groups (broad SMARTS) is 1. The number of nitrogens with one attached hydrogen (secondary N) is 1. The summed E-state index contributed by atoms with van der Waals surface area (Å²) in [5.74, 6) is -2.82. The Morgan fingerprint density at radius 1 is 1.17 bits per heavy atom. The van der Waals surface area contributed by atoms with E-state index in [0.29, 0.717) is 4.47 Å². The first-order valence-electron chi connectivity index (χ1n) is 6.25. The van der Waals surface area contributed by atoms with E-state index >= 15 is 0 Å². The summed E-state index contributed by atoms with van der Waals surface area (Å²) in [4.78, 5) is 46.8. The van der Waals surface area contributed by atoms with Crippen LogP contribution in [-0.2, 0) is 0 Å². The number of imide groups is 1. The summed E-state index contributed by atoms with van der Waals surface area (Å²) in [5.41, 5.74) is 5.13. The van der Waals surface area contributed by atoms with Gasteiger partial charge in [-0.25, -0.2) is 4.79 Å². The molecule has 1 aliphatic heterocycles. The number of hydrogen-bond acceptors (Lipinski definition) is 5. The highest BCUT2D eigenvalue weighted by atomic mass is 79.9. The van der Waals surface area contributed by atoms with Crippen molar-refractivity contribution < 1.29 is 19.5 Å². The lowest BCUT2D eigenvalue weighted by Crippen LogP contribution is -2.24. The fraction of sp³-hybridized carbons (Fsp3) is 0. The summed E-state index contributed by atoms with van der Waals surface area (Å²) in [7, 11) is 0. The van der Waals surface area contributed by atoms with Crippen LogP contribution in [0.15, 0.2) is 33.5 Å². The highest BCUT2D eigenvalue weighted by Gasteiger charge is 2.31. The van der Waals surface area contributed by atoms with Gasteiger partial charge in [0.25, 0.3) is 17.4 Å². The minimum absolute atomic E-state index is 0.0742. The van der Waals surface area contributed by atoms with Gasteiger partial charge in [0.1, 0.15) is 5.82 Å². The molecule has 9 heteroatoms. The van der Waals surface area contributed by atoms with Crippen LogP contribution < -0.4 is 16.6 Å². The molecule has 0 unspecified atom stereocenters. The molecule has 3 rings (SSSR count). The SMILES string of the molecule is Nc1c2c(cc(=O)n1-c1ccc(Br)c(C(=O)O)c1)C(=O)NC2=O. The van der Waals surface area contributed by atoms with Gasteiger partial charge in [-0.1, -0.05) is 0 Å². The quantitative estimate of drug-likeness (QED) is 0.662. The Balaban J connectivity index is 2.31. The van der Waals surface area contributed by atoms with Crippen LogP contribution in [0.3, 0.4) is 0 Å². The van der Waals surface area contributed by atoms with Crippen molar-refractivity contribution in [1.29, 1.82) is 0 Å². The number of nitrogen functional groups attached to an aromatic ring is 1. The molecule has 1 aromatic heterocycles. The highest BCUT2D eigenvalue weighted by molar-refractivity contribution is 9.10. The van der Waals surface area contributed by atoms with E-state index in [2.05, 4.69) is 21.2 Å². The second kappa shape index (κ2) is 5.06. The van der Waals surface area contributed by atoms with E-state index in [-0.39, 0.29) is 28.2 Å². The molecule has 0 atom stereocenters. The van der Waals surface area contributed by atoms with Crippen LogP contribution in [0, 0.1) is 0 Å². The largest absolute Gasteiger partial charge is 0.478 e. The molecule has 4 N–H and O–H groups in total. The van der Waals surface area contributed by atoms with Crippen LogP contribution in [0.5, 0.6) is 0 Å². The van der Waals surface area contributed by atoms with Crippen molar-refractivity contribution in [1.82, 2.24) is 9.88 Å². The van der Waals surface area contributed by atoms with Gasteiger partial charge in [-0.05, 0) is 34.1 Å². The molecule has 0 saturated carbocycles. The van der Waals surface area contributed by atoms with Crippen LogP contribution in [0.1, 0.15) is 31.1 Å². The number of halogens is 1. The predicted octanol–water partition coefficient (Wildman–Crippen LogP) is 0.764. The first kappa shape index (κ1) is 15.0. The van der Waals surface area contributed by atoms with Gasteiger partial charge in [0.2, 0.25) is 0 Å². The number of rotatable bonds is 2. The lowest BCUT2D eigenvalue weighted by Gasteiger charge is -2.12. The van der Waals surface area contributed by atoms with E-state index in [1.165, 1.54) is 18.2 Å². The van der Waals surface area contributed by atoms with Gasteiger partial charge in [0.05, 0.1) is 22.4 Å². The maximum absolute atomic E-state index is 12.3. The molecule has 0 spiro atoms. The predicted molar refractivity (Wildman–Crippen MR) is 82.9 cm³/mol. The van der Waals surface area contributed by atoms with Crippen molar-refractivity contribution in [2.75, 3.05) is 5.73 Å². The number of aromatic carboxylic acids is 1. The molecule has 0 fully saturated rings. The van der Waals surface area contributed by atoms with Crippen LogP contribution in [-0.4, -0.2) is 27.5 Å². The Bertz CT molecular complexity index is 964. The zero-order chi connectivity index (χ0) is 16.9. The summed E-state index contributed by atoms with van der Waals surface area (Å²) in [5, 5.41) is 11.2. The van der Waals surface area contributed by atoms with E-state index in [1.807, 2.05) is 0 Å². The highest BCUT2D eigenvalue weighted by Crippen LogP contribution is 2.25. The van der Waals surface area contributed by atoms with Crippen LogP contribution in [0.2, 0.25) is 0 Å². The summed E-state index contributed by atoms with van der Waals surface area (Å²) in [6.07, 6.45) is 0. The molecular weight excluding hydrogens is 370 g/mol. The average molecular weight is 378 g/mol. The normalized spacial score (nSPS) is 12.9. The van der Waals surface area contributed by atoms with Gasteiger partial charge in [-0.3, -0.25) is 24.3 Å². The zero-order valence-electron chi connectivity index (χ0n) is 11.3. The van der Waals surface area contributed by atoms with E-state index in [0.717, 1.165) is 10.6 Å². The van der Waals surface area contributed by atoms with Crippen molar-refractivity contribution in [3.63, 3.8) is 0 Å². The fourth-order valence-electron chi connectivity index (χ4n) is 2.36. The molecule has 1 aliphatic rings. The molecule has 23 heavy (non-hydrogen) atoms. The molecule has 2 heterocycles. The van der Waals surface area contributed by atoms with Crippen molar-refractivity contribution in [2.24, 2.45) is 0 Å². The van der Waals surface area contributed by atoms with Gasteiger partial charge >= 0.3 is 5.97 Å². The van der Waals surface area contributed by atoms with Crippen LogP contribution >= 0.6 is 15.9 Å². The maximum Gasteiger partial charge on any atom is 0.336 e. The van der Waals surface area contributed by atoms with Crippen molar-refractivity contribution in [2.45, 2.75) is 0 Å². The molecular formula is C14H8BrN3O5. The Hall–Kier alpha value is -2.94. The molecule has 0 saturated heterocycles. The van der Waals surface area contributed by atoms with Gasteiger partial charge in [-0.2, -0.15) is 0 Å². The van der Waals surface area contributed by atoms with Crippen LogP contribution in [0.25, 0.3) is 5.69 Å². The van der Waals surface area contributed by atoms with Gasteiger partial charge in [0.15, 0.2) is 0 Å². The summed E-state index contributed by atoms with van der Waals surface area (Å²) in [6, 6.07) is 5.15. The summed E-state index contributed by atoms with van der Waals surface area (Å²) >= 11 is 3.10. The zero-order valence-corrected chi connectivity index (χ0v) is 12.9. The standard InChI is InChI=1S/C14H8BrN3O5/c15-8-2-1-5(3-6(8)14(22)23)18-9(19)4-7-10(11(18)16)13(21)17-12(7)20/h1-4H,16H2,(H,22,23)(H,17,20,21). The van der Waals surface area contributed by atoms with Crippen molar-refractivity contribution in [3.8, 4) is 5.69 Å². The van der Waals surface area contributed by atoms with Crippen LogP contribution in [0.4, 0.5) is 5.82 Å². The number of benzene rings is 1. The average Bonchev–Trinajstić information content (AvgIpc) is 2.75. The minimum Gasteiger partial charge on any atom is -0.478 e. The first-order valence-corrected chi connectivity index (χ1v) is 7.05. The monoisotopic (exact) mass is 377 g/mol. The van der Waals surface area contributed by atoms with E-state index in [1.54, 1.807) is 0 Å². The maximum atomic E-state index is 12.3. The van der Waals surface area contributed by atoms with E-state index in [9.17, 15) is 19.2 Å². The Morgan fingerprint density at radius 3 is 2.52 bits per heavy atom. The molecule has 2 aromatic rings. The minimum atomic E-state index is -1.19. The number of nitrogens with zero attached hydrogens (tertiary/aromatic N) is 1. The fourth-order valence-corrected chi connectivity index (χ4v) is 2.78. The smallest absolute Gasteiger partial charge is 0.336 e. The van der Waals surface area contributed by atoms with Crippen molar-refractivity contribution in [3.05, 3.63) is 55.8 Å². The van der Waals surface area contributed by atoms with E-state index < -0.39 is 23.3 Å². The molecule has 116 valence electrons. The van der Waals surface area contributed by atoms with Gasteiger partial charge < -0.3 is 10.8 Å². The Labute approximate surface area is 136 Å². The third kappa shape index (κ3) is 2.21. The molecule has 2 amide bonds. The van der Waals surface area contributed by atoms with Gasteiger partial charge in [-0.15, -0.1) is 0 Å². The summed E-state index contributed by atoms with van der Waals surface area (Å²) in [6.45, 7) is 0. The molecule has 0 radical (unpaired) electrons. The Morgan fingerprint density at radius 2 is 1.87 bits per heavy atom. The Kier molecular flexibility index (Phi) is 3.29. The lowest BCUT2D eigenvalue weighted by atomic mass is 10.1. The van der Waals surface area contributed by atoms with E-state index in [4.69, 9.17) is 10.8 Å². The van der Waals surface area contributed by atoms with Gasteiger partial charge in [0, 0.05) is 10.5 Å². The number of fused-ring (bicyclic) bond motifs is 1. The molecule has 0 bridgehead atoms. The number of anilines is 1. The molecule has 8 nitrogen and oxygen atoms in total. The third-order valence-electron chi connectivity index (χ3n) is 3.39. The molecule has 1 aromatic carbocycles. The second-order valence-corrected chi connectivity index (χ2v) is 5.60. The number of amides is 2. The van der Waals surface area contributed by atoms with Crippen molar-refractivity contribution >= 4 is 39.5 Å². The summed E-state index contributed by atoms with van der Waals surface area (Å²) < 4.78 is 1.31. The number of nitrogens with two attached hydrogens (primary N) is 1. The number of hydrogen-bond donors (Lipinski definition) is 3. The number of carbonyl (C=O) groups excluding carboxylic acids is 2. The third-order valence-corrected chi connectivity index (χ3v) is 4.08. The number of pyridine rings is 1. The number of carboxylic acids is 1. The topological polar surface area (TPSA) is 131 Å². The number of aromatic nitrogens is 1. The number of carbonyl (C=O) groups is 3.